The van der Waals surface area contributed by atoms with E-state index in [1.807, 2.05) is 12.1 Å². The fourth-order valence-corrected chi connectivity index (χ4v) is 2.39. The number of benzene rings is 1. The quantitative estimate of drug-likeness (QED) is 0.785. The molecule has 3 N–H and O–H groups in total. The van der Waals surface area contributed by atoms with Crippen LogP contribution in [0, 0.1) is 5.41 Å². The van der Waals surface area contributed by atoms with Crippen LogP contribution in [0.25, 0.3) is 0 Å². The molecule has 0 saturated heterocycles. The maximum Gasteiger partial charge on any atom is 0.237 e. The number of hydrogen-bond donors (Lipinski definition) is 2. The number of rotatable bonds is 6. The molecule has 1 aliphatic rings. The van der Waals surface area contributed by atoms with E-state index in [2.05, 4.69) is 24.4 Å². The number of carbonyl (C=O) groups excluding carboxylic acids is 1. The highest BCUT2D eigenvalue weighted by atomic mass is 32.1. The monoisotopic (exact) mass is 276 g/mol. The normalized spacial score (nSPS) is 15.8. The van der Waals surface area contributed by atoms with E-state index < -0.39 is 5.41 Å². The third-order valence-electron chi connectivity index (χ3n) is 3.69. The van der Waals surface area contributed by atoms with Gasteiger partial charge in [0.05, 0.1) is 10.4 Å². The molecule has 1 aliphatic carbocycles. The van der Waals surface area contributed by atoms with Crippen LogP contribution in [0.2, 0.25) is 0 Å². The number of unbranched alkanes of at least 4 members (excludes halogenated alkanes) is 1. The van der Waals surface area contributed by atoms with Crippen molar-refractivity contribution in [3.63, 3.8) is 0 Å². The molecular weight excluding hydrogens is 256 g/mol. The van der Waals surface area contributed by atoms with Crippen LogP contribution in [0.15, 0.2) is 24.3 Å². The molecule has 19 heavy (non-hydrogen) atoms. The van der Waals surface area contributed by atoms with E-state index in [9.17, 15) is 4.79 Å². The molecular formula is C15H20N2OS. The lowest BCUT2D eigenvalue weighted by molar-refractivity contribution is -0.118. The summed E-state index contributed by atoms with van der Waals surface area (Å²) in [6.07, 6.45) is 5.00. The number of carbonyl (C=O) groups is 1. The summed E-state index contributed by atoms with van der Waals surface area (Å²) < 4.78 is 0. The zero-order valence-corrected chi connectivity index (χ0v) is 12.1. The fourth-order valence-electron chi connectivity index (χ4n) is 2.10. The van der Waals surface area contributed by atoms with Crippen molar-refractivity contribution in [3.05, 3.63) is 29.8 Å². The number of nitrogens with one attached hydrogen (secondary N) is 1. The molecule has 0 bridgehead atoms. The van der Waals surface area contributed by atoms with Crippen molar-refractivity contribution in [3.8, 4) is 0 Å². The highest BCUT2D eigenvalue weighted by Gasteiger charge is 2.52. The van der Waals surface area contributed by atoms with Crippen LogP contribution in [-0.4, -0.2) is 10.9 Å². The van der Waals surface area contributed by atoms with Crippen molar-refractivity contribution in [2.45, 2.75) is 39.0 Å². The second-order valence-corrected chi connectivity index (χ2v) is 5.64. The molecule has 0 radical (unpaired) electrons. The van der Waals surface area contributed by atoms with Crippen LogP contribution in [0.5, 0.6) is 0 Å². The highest BCUT2D eigenvalue weighted by Crippen LogP contribution is 2.46. The topological polar surface area (TPSA) is 55.1 Å². The number of anilines is 1. The van der Waals surface area contributed by atoms with Crippen molar-refractivity contribution in [1.29, 1.82) is 0 Å². The van der Waals surface area contributed by atoms with Crippen molar-refractivity contribution < 1.29 is 4.79 Å². The minimum absolute atomic E-state index is 0.0682. The van der Waals surface area contributed by atoms with Crippen molar-refractivity contribution in [2.75, 3.05) is 5.32 Å². The van der Waals surface area contributed by atoms with Gasteiger partial charge < -0.3 is 11.1 Å². The highest BCUT2D eigenvalue weighted by molar-refractivity contribution is 7.80. The Hall–Kier alpha value is -1.42. The van der Waals surface area contributed by atoms with Gasteiger partial charge in [0.25, 0.3) is 0 Å². The Labute approximate surface area is 119 Å². The molecule has 2 rings (SSSR count). The molecule has 1 aromatic rings. The Morgan fingerprint density at radius 1 is 1.37 bits per heavy atom. The molecule has 0 atom stereocenters. The molecule has 3 nitrogen and oxygen atoms in total. The van der Waals surface area contributed by atoms with E-state index in [0.717, 1.165) is 24.9 Å². The lowest BCUT2D eigenvalue weighted by atomic mass is 10.1. The summed E-state index contributed by atoms with van der Waals surface area (Å²) in [5.74, 6) is -0.0682. The number of nitrogens with two attached hydrogens (primary N) is 1. The minimum atomic E-state index is -0.587. The summed E-state index contributed by atoms with van der Waals surface area (Å²) in [7, 11) is 0. The molecule has 0 spiro atoms. The van der Waals surface area contributed by atoms with Gasteiger partial charge in [0.15, 0.2) is 0 Å². The molecule has 1 aromatic carbocycles. The van der Waals surface area contributed by atoms with Crippen LogP contribution in [-0.2, 0) is 11.2 Å². The predicted octanol–water partition coefficient (Wildman–Crippen LogP) is 3.03. The van der Waals surface area contributed by atoms with Gasteiger partial charge in [-0.05, 0) is 43.4 Å². The first-order valence-corrected chi connectivity index (χ1v) is 7.19. The SMILES string of the molecule is CCCCc1ccc(NC(=O)C2(C(N)=S)CC2)cc1. The summed E-state index contributed by atoms with van der Waals surface area (Å²) in [4.78, 5) is 12.4. The second-order valence-electron chi connectivity index (χ2n) is 5.20. The molecule has 1 amide bonds. The van der Waals surface area contributed by atoms with E-state index in [1.165, 1.54) is 18.4 Å². The van der Waals surface area contributed by atoms with Gasteiger partial charge in [-0.15, -0.1) is 0 Å². The van der Waals surface area contributed by atoms with Gasteiger partial charge in [-0.2, -0.15) is 0 Å². The maximum absolute atomic E-state index is 12.1. The largest absolute Gasteiger partial charge is 0.392 e. The number of thiocarbonyl (C=S) groups is 1. The molecule has 0 heterocycles. The van der Waals surface area contributed by atoms with E-state index in [4.69, 9.17) is 18.0 Å². The summed E-state index contributed by atoms with van der Waals surface area (Å²) in [6.45, 7) is 2.18. The van der Waals surface area contributed by atoms with Gasteiger partial charge in [-0.25, -0.2) is 0 Å². The molecule has 0 aliphatic heterocycles. The Bertz CT molecular complexity index is 477. The number of amides is 1. The Morgan fingerprint density at radius 2 is 2.00 bits per heavy atom. The fraction of sp³-hybridized carbons (Fsp3) is 0.467. The Balaban J connectivity index is 1.96. The van der Waals surface area contributed by atoms with Gasteiger partial charge in [-0.1, -0.05) is 37.7 Å². The summed E-state index contributed by atoms with van der Waals surface area (Å²) in [6, 6.07) is 8.01. The van der Waals surface area contributed by atoms with Crippen molar-refractivity contribution in [1.82, 2.24) is 0 Å². The van der Waals surface area contributed by atoms with Gasteiger partial charge in [-0.3, -0.25) is 4.79 Å². The van der Waals surface area contributed by atoms with Crippen LogP contribution in [0.1, 0.15) is 38.2 Å². The zero-order valence-electron chi connectivity index (χ0n) is 11.2. The van der Waals surface area contributed by atoms with Crippen LogP contribution < -0.4 is 11.1 Å². The molecule has 1 fully saturated rings. The average molecular weight is 276 g/mol. The van der Waals surface area contributed by atoms with Crippen LogP contribution >= 0.6 is 12.2 Å². The van der Waals surface area contributed by atoms with Gasteiger partial charge in [0.1, 0.15) is 0 Å². The smallest absolute Gasteiger partial charge is 0.237 e. The standard InChI is InChI=1S/C15H20N2OS/c1-2-3-4-11-5-7-12(8-6-11)17-14(18)15(9-10-15)13(16)19/h5-8H,2-4,9-10H2,1H3,(H2,16,19)(H,17,18). The average Bonchev–Trinajstić information content (AvgIpc) is 3.19. The molecule has 4 heteroatoms. The summed E-state index contributed by atoms with van der Waals surface area (Å²) in [5, 5.41) is 2.90. The van der Waals surface area contributed by atoms with E-state index in [-0.39, 0.29) is 5.91 Å². The van der Waals surface area contributed by atoms with Crippen LogP contribution in [0.3, 0.4) is 0 Å². The van der Waals surface area contributed by atoms with Crippen molar-refractivity contribution in [2.24, 2.45) is 11.1 Å². The summed E-state index contributed by atoms with van der Waals surface area (Å²) in [5.41, 5.74) is 7.16. The lowest BCUT2D eigenvalue weighted by Crippen LogP contribution is -2.34. The van der Waals surface area contributed by atoms with Crippen LogP contribution in [0.4, 0.5) is 5.69 Å². The number of hydrogen-bond acceptors (Lipinski definition) is 2. The molecule has 0 unspecified atom stereocenters. The zero-order chi connectivity index (χ0) is 13.9. The first-order chi connectivity index (χ1) is 9.08. The summed E-state index contributed by atoms with van der Waals surface area (Å²) >= 11 is 4.97. The van der Waals surface area contributed by atoms with Crippen molar-refractivity contribution >= 4 is 28.8 Å². The van der Waals surface area contributed by atoms with E-state index >= 15 is 0 Å². The molecule has 0 aromatic heterocycles. The number of aryl methyl sites for hydroxylation is 1. The Kier molecular flexibility index (Phi) is 4.20. The van der Waals surface area contributed by atoms with E-state index in [0.29, 0.717) is 4.99 Å². The first-order valence-electron chi connectivity index (χ1n) is 6.79. The first kappa shape index (κ1) is 14.0. The minimum Gasteiger partial charge on any atom is -0.392 e. The van der Waals surface area contributed by atoms with Gasteiger partial charge in [0.2, 0.25) is 5.91 Å². The third-order valence-corrected chi connectivity index (χ3v) is 4.08. The third kappa shape index (κ3) is 3.13. The van der Waals surface area contributed by atoms with Gasteiger partial charge >= 0.3 is 0 Å². The molecule has 1 saturated carbocycles. The van der Waals surface area contributed by atoms with Gasteiger partial charge in [0, 0.05) is 5.69 Å². The predicted molar refractivity (Wildman–Crippen MR) is 82.1 cm³/mol. The van der Waals surface area contributed by atoms with E-state index in [1.54, 1.807) is 0 Å². The Morgan fingerprint density at radius 3 is 2.47 bits per heavy atom. The maximum atomic E-state index is 12.1. The molecule has 102 valence electrons. The lowest BCUT2D eigenvalue weighted by Gasteiger charge is -2.13. The second kappa shape index (κ2) is 5.70.